The second-order valence-electron chi connectivity index (χ2n) is 5.66. The Morgan fingerprint density at radius 3 is 2.74 bits per heavy atom. The van der Waals surface area contributed by atoms with Gasteiger partial charge in [0.05, 0.1) is 12.7 Å². The zero-order chi connectivity index (χ0) is 13.3. The molecule has 2 atom stereocenters. The van der Waals surface area contributed by atoms with Crippen LogP contribution >= 0.6 is 15.9 Å². The molecule has 3 rings (SSSR count). The second-order valence-corrected chi connectivity index (χ2v) is 6.58. The maximum Gasteiger partial charge on any atom is 0.119 e. The fourth-order valence-corrected chi connectivity index (χ4v) is 3.11. The van der Waals surface area contributed by atoms with Crippen LogP contribution in [0.4, 0.5) is 0 Å². The van der Waals surface area contributed by atoms with E-state index in [0.717, 1.165) is 29.7 Å². The monoisotopic (exact) mass is 325 g/mol. The number of halogens is 1. The molecule has 1 saturated heterocycles. The minimum absolute atomic E-state index is 0.184. The van der Waals surface area contributed by atoms with Crippen LogP contribution in [0.3, 0.4) is 0 Å². The van der Waals surface area contributed by atoms with E-state index in [2.05, 4.69) is 15.9 Å². The number of hydrogen-bond donors (Lipinski definition) is 1. The largest absolute Gasteiger partial charge is 0.494 e. The molecule has 19 heavy (non-hydrogen) atoms. The van der Waals surface area contributed by atoms with E-state index in [9.17, 15) is 0 Å². The third kappa shape index (κ3) is 3.12. The standard InChI is InChI=1S/C15H20BrNO2/c16-12-3-5-13(6-4-12)18-9-7-15(17)8-10-19-14(15)11-1-2-11/h3-6,11,14H,1-2,7-10,17H2. The van der Waals surface area contributed by atoms with Crippen LogP contribution in [0.5, 0.6) is 5.75 Å². The van der Waals surface area contributed by atoms with Crippen molar-refractivity contribution < 1.29 is 9.47 Å². The van der Waals surface area contributed by atoms with Gasteiger partial charge >= 0.3 is 0 Å². The Labute approximate surface area is 122 Å². The van der Waals surface area contributed by atoms with Gasteiger partial charge in [0, 0.05) is 23.0 Å². The minimum atomic E-state index is -0.184. The van der Waals surface area contributed by atoms with Gasteiger partial charge in [0.25, 0.3) is 0 Å². The smallest absolute Gasteiger partial charge is 0.119 e. The van der Waals surface area contributed by atoms with E-state index in [1.54, 1.807) is 0 Å². The average molecular weight is 326 g/mol. The Hall–Kier alpha value is -0.580. The van der Waals surface area contributed by atoms with Crippen molar-refractivity contribution in [2.24, 2.45) is 11.7 Å². The molecule has 4 heteroatoms. The van der Waals surface area contributed by atoms with Crippen molar-refractivity contribution in [3.63, 3.8) is 0 Å². The molecule has 2 unspecified atom stereocenters. The van der Waals surface area contributed by atoms with Crippen molar-refractivity contribution >= 4 is 15.9 Å². The van der Waals surface area contributed by atoms with Crippen LogP contribution in [0.1, 0.15) is 25.7 Å². The lowest BCUT2D eigenvalue weighted by Gasteiger charge is -2.30. The SMILES string of the molecule is NC1(CCOc2ccc(Br)cc2)CCOC1C1CC1. The van der Waals surface area contributed by atoms with Crippen molar-refractivity contribution in [3.05, 3.63) is 28.7 Å². The first-order valence-corrected chi connectivity index (χ1v) is 7.75. The molecule has 0 amide bonds. The van der Waals surface area contributed by atoms with Gasteiger partial charge in [-0.15, -0.1) is 0 Å². The summed E-state index contributed by atoms with van der Waals surface area (Å²) in [4.78, 5) is 0. The molecule has 1 aliphatic carbocycles. The zero-order valence-corrected chi connectivity index (χ0v) is 12.6. The zero-order valence-electron chi connectivity index (χ0n) is 11.0. The van der Waals surface area contributed by atoms with Gasteiger partial charge in [0.15, 0.2) is 0 Å². The van der Waals surface area contributed by atoms with Gasteiger partial charge in [0.2, 0.25) is 0 Å². The Bertz CT molecular complexity index is 432. The van der Waals surface area contributed by atoms with Gasteiger partial charge in [-0.25, -0.2) is 0 Å². The second kappa shape index (κ2) is 5.43. The molecule has 1 aromatic rings. The van der Waals surface area contributed by atoms with Crippen LogP contribution in [0, 0.1) is 5.92 Å². The summed E-state index contributed by atoms with van der Waals surface area (Å²) in [5.74, 6) is 1.59. The topological polar surface area (TPSA) is 44.5 Å². The summed E-state index contributed by atoms with van der Waals surface area (Å²) in [6.07, 6.45) is 4.62. The van der Waals surface area contributed by atoms with Crippen molar-refractivity contribution in [3.8, 4) is 5.75 Å². The van der Waals surface area contributed by atoms with Crippen molar-refractivity contribution in [2.45, 2.75) is 37.3 Å². The molecule has 0 bridgehead atoms. The van der Waals surface area contributed by atoms with Crippen molar-refractivity contribution in [1.82, 2.24) is 0 Å². The van der Waals surface area contributed by atoms with E-state index in [0.29, 0.717) is 12.5 Å². The van der Waals surface area contributed by atoms with E-state index in [1.807, 2.05) is 24.3 Å². The van der Waals surface area contributed by atoms with E-state index < -0.39 is 0 Å². The lowest BCUT2D eigenvalue weighted by Crippen LogP contribution is -2.49. The number of rotatable bonds is 5. The van der Waals surface area contributed by atoms with E-state index >= 15 is 0 Å². The molecular weight excluding hydrogens is 306 g/mol. The summed E-state index contributed by atoms with van der Waals surface area (Å²) in [6.45, 7) is 1.46. The fourth-order valence-electron chi connectivity index (χ4n) is 2.85. The van der Waals surface area contributed by atoms with Gasteiger partial charge in [-0.3, -0.25) is 0 Å². The maximum atomic E-state index is 6.52. The first-order chi connectivity index (χ1) is 9.17. The molecule has 0 aromatic heterocycles. The lowest BCUT2D eigenvalue weighted by atomic mass is 9.86. The molecule has 0 spiro atoms. The Morgan fingerprint density at radius 1 is 1.32 bits per heavy atom. The van der Waals surface area contributed by atoms with Crippen LogP contribution in [0.25, 0.3) is 0 Å². The van der Waals surface area contributed by atoms with Crippen molar-refractivity contribution in [1.29, 1.82) is 0 Å². The molecule has 1 aromatic carbocycles. The first kappa shape index (κ1) is 13.4. The van der Waals surface area contributed by atoms with Crippen LogP contribution in [0.2, 0.25) is 0 Å². The van der Waals surface area contributed by atoms with Crippen LogP contribution in [0.15, 0.2) is 28.7 Å². The summed E-state index contributed by atoms with van der Waals surface area (Å²) in [5, 5.41) is 0. The number of hydrogen-bond acceptors (Lipinski definition) is 3. The number of benzene rings is 1. The van der Waals surface area contributed by atoms with Gasteiger partial charge in [-0.1, -0.05) is 15.9 Å². The van der Waals surface area contributed by atoms with Gasteiger partial charge < -0.3 is 15.2 Å². The third-order valence-corrected chi connectivity index (χ3v) is 4.66. The van der Waals surface area contributed by atoms with Gasteiger partial charge in [-0.2, -0.15) is 0 Å². The first-order valence-electron chi connectivity index (χ1n) is 6.96. The summed E-state index contributed by atoms with van der Waals surface area (Å²) < 4.78 is 12.7. The van der Waals surface area contributed by atoms with Crippen LogP contribution in [-0.4, -0.2) is 24.9 Å². The molecular formula is C15H20BrNO2. The molecule has 2 aliphatic rings. The molecule has 1 saturated carbocycles. The van der Waals surface area contributed by atoms with Crippen LogP contribution < -0.4 is 10.5 Å². The average Bonchev–Trinajstić information content (AvgIpc) is 3.16. The van der Waals surface area contributed by atoms with Gasteiger partial charge in [0.1, 0.15) is 5.75 Å². The molecule has 1 aliphatic heterocycles. The predicted octanol–water partition coefficient (Wildman–Crippen LogP) is 3.11. The highest BCUT2D eigenvalue weighted by Gasteiger charge is 2.48. The molecule has 1 heterocycles. The summed E-state index contributed by atoms with van der Waals surface area (Å²) >= 11 is 3.41. The lowest BCUT2D eigenvalue weighted by molar-refractivity contribution is 0.0558. The number of ether oxygens (including phenoxy) is 2. The summed E-state index contributed by atoms with van der Waals surface area (Å²) in [6, 6.07) is 7.91. The van der Waals surface area contributed by atoms with E-state index in [1.165, 1.54) is 12.8 Å². The Balaban J connectivity index is 1.52. The fraction of sp³-hybridized carbons (Fsp3) is 0.600. The quantitative estimate of drug-likeness (QED) is 0.904. The molecule has 2 N–H and O–H groups in total. The normalized spacial score (nSPS) is 30.5. The highest BCUT2D eigenvalue weighted by molar-refractivity contribution is 9.10. The Kier molecular flexibility index (Phi) is 3.83. The maximum absolute atomic E-state index is 6.52. The molecule has 2 fully saturated rings. The Morgan fingerprint density at radius 2 is 2.05 bits per heavy atom. The van der Waals surface area contributed by atoms with E-state index in [4.69, 9.17) is 15.2 Å². The van der Waals surface area contributed by atoms with Crippen molar-refractivity contribution in [2.75, 3.05) is 13.2 Å². The summed E-state index contributed by atoms with van der Waals surface area (Å²) in [5.41, 5.74) is 6.34. The third-order valence-electron chi connectivity index (χ3n) is 4.13. The van der Waals surface area contributed by atoms with E-state index in [-0.39, 0.29) is 11.6 Å². The van der Waals surface area contributed by atoms with Crippen LogP contribution in [-0.2, 0) is 4.74 Å². The van der Waals surface area contributed by atoms with Gasteiger partial charge in [-0.05, 0) is 49.4 Å². The molecule has 104 valence electrons. The minimum Gasteiger partial charge on any atom is -0.494 e. The highest BCUT2D eigenvalue weighted by atomic mass is 79.9. The molecule has 0 radical (unpaired) electrons. The predicted molar refractivity (Wildman–Crippen MR) is 78.3 cm³/mol. The highest BCUT2D eigenvalue weighted by Crippen LogP contribution is 2.43. The number of nitrogens with two attached hydrogens (primary N) is 1. The molecule has 3 nitrogen and oxygen atoms in total. The summed E-state index contributed by atoms with van der Waals surface area (Å²) in [7, 11) is 0.